The van der Waals surface area contributed by atoms with E-state index in [1.807, 2.05) is 35.9 Å². The van der Waals surface area contributed by atoms with E-state index in [2.05, 4.69) is 10.5 Å². The quantitative estimate of drug-likeness (QED) is 0.863. The minimum absolute atomic E-state index is 0.0991. The van der Waals surface area contributed by atoms with E-state index in [1.54, 1.807) is 0 Å². The third-order valence-electron chi connectivity index (χ3n) is 6.49. The fourth-order valence-electron chi connectivity index (χ4n) is 5.79. The lowest BCUT2D eigenvalue weighted by atomic mass is 9.49. The van der Waals surface area contributed by atoms with E-state index >= 15 is 0 Å². The molecular formula is C19H23N3O2. The van der Waals surface area contributed by atoms with Gasteiger partial charge in [0.15, 0.2) is 5.58 Å². The Morgan fingerprint density at radius 3 is 2.42 bits per heavy atom. The standard InChI is InChI=1S/C19H23N3O2/c1-22-15-4-2-3-5-16(15)24-18(22)21-20-17(23)19-9-12-6-13(10-19)8-14(7-12)11-19/h2-5,12-14H,6-11H2,1H3,(H,20,23)/b21-18+. The number of aryl methyl sites for hydroxylation is 1. The summed E-state index contributed by atoms with van der Waals surface area (Å²) < 4.78 is 7.62. The number of aromatic nitrogens is 1. The van der Waals surface area contributed by atoms with Gasteiger partial charge in [0.25, 0.3) is 0 Å². The summed E-state index contributed by atoms with van der Waals surface area (Å²) in [6.45, 7) is 0. The number of benzene rings is 1. The Balaban J connectivity index is 1.43. The van der Waals surface area contributed by atoms with Crippen molar-refractivity contribution in [3.05, 3.63) is 29.9 Å². The van der Waals surface area contributed by atoms with E-state index < -0.39 is 0 Å². The van der Waals surface area contributed by atoms with Crippen molar-refractivity contribution in [3.8, 4) is 0 Å². The number of fused-ring (bicyclic) bond motifs is 1. The highest BCUT2D eigenvalue weighted by atomic mass is 16.4. The summed E-state index contributed by atoms with van der Waals surface area (Å²) in [7, 11) is 1.90. The monoisotopic (exact) mass is 325 g/mol. The van der Waals surface area contributed by atoms with Crippen LogP contribution in [0, 0.1) is 23.2 Å². The molecule has 4 aliphatic carbocycles. The van der Waals surface area contributed by atoms with E-state index in [1.165, 1.54) is 19.3 Å². The van der Waals surface area contributed by atoms with Crippen LogP contribution in [0.3, 0.4) is 0 Å². The first kappa shape index (κ1) is 14.3. The van der Waals surface area contributed by atoms with Crippen LogP contribution >= 0.6 is 0 Å². The summed E-state index contributed by atoms with van der Waals surface area (Å²) in [4.78, 5) is 12.9. The highest BCUT2D eigenvalue weighted by Crippen LogP contribution is 2.60. The third-order valence-corrected chi connectivity index (χ3v) is 6.49. The molecule has 0 aliphatic heterocycles. The Morgan fingerprint density at radius 2 is 1.79 bits per heavy atom. The van der Waals surface area contributed by atoms with Crippen LogP contribution in [0.15, 0.2) is 33.8 Å². The molecule has 0 spiro atoms. The fourth-order valence-corrected chi connectivity index (χ4v) is 5.79. The molecular weight excluding hydrogens is 302 g/mol. The predicted molar refractivity (Wildman–Crippen MR) is 89.5 cm³/mol. The average Bonchev–Trinajstić information content (AvgIpc) is 2.88. The van der Waals surface area contributed by atoms with Crippen molar-refractivity contribution in [2.24, 2.45) is 35.3 Å². The van der Waals surface area contributed by atoms with Crippen molar-refractivity contribution in [1.29, 1.82) is 0 Å². The van der Waals surface area contributed by atoms with Crippen LogP contribution in [-0.2, 0) is 11.8 Å². The van der Waals surface area contributed by atoms with E-state index in [4.69, 9.17) is 4.42 Å². The van der Waals surface area contributed by atoms with Crippen LogP contribution in [0.5, 0.6) is 0 Å². The SMILES string of the molecule is Cn1/c(=N\NC(=O)C23CC4CC(CC(C4)C2)C3)oc2ccccc21. The first-order valence-electron chi connectivity index (χ1n) is 9.02. The third kappa shape index (κ3) is 2.06. The number of amides is 1. The summed E-state index contributed by atoms with van der Waals surface area (Å²) in [5, 5.41) is 4.30. The normalized spacial score (nSPS) is 34.9. The van der Waals surface area contributed by atoms with Crippen molar-refractivity contribution in [3.63, 3.8) is 0 Å². The van der Waals surface area contributed by atoms with E-state index in [9.17, 15) is 4.79 Å². The minimum atomic E-state index is -0.178. The molecule has 0 radical (unpaired) electrons. The van der Waals surface area contributed by atoms with Crippen LogP contribution in [0.1, 0.15) is 38.5 Å². The molecule has 24 heavy (non-hydrogen) atoms. The maximum atomic E-state index is 12.9. The van der Waals surface area contributed by atoms with Gasteiger partial charge in [0, 0.05) is 7.05 Å². The number of carbonyl (C=O) groups excluding carboxylic acids is 1. The van der Waals surface area contributed by atoms with Gasteiger partial charge in [0.1, 0.15) is 0 Å². The predicted octanol–water partition coefficient (Wildman–Crippen LogP) is 2.92. The molecule has 6 rings (SSSR count). The van der Waals surface area contributed by atoms with Crippen molar-refractivity contribution >= 4 is 17.0 Å². The zero-order chi connectivity index (χ0) is 16.3. The molecule has 1 aromatic carbocycles. The zero-order valence-electron chi connectivity index (χ0n) is 14.0. The summed E-state index contributed by atoms with van der Waals surface area (Å²) in [5.74, 6) is 2.36. The lowest BCUT2D eigenvalue weighted by Crippen LogP contribution is -2.53. The zero-order valence-corrected chi connectivity index (χ0v) is 14.0. The van der Waals surface area contributed by atoms with E-state index in [0.717, 1.165) is 48.1 Å². The lowest BCUT2D eigenvalue weighted by Gasteiger charge is -2.55. The van der Waals surface area contributed by atoms with Gasteiger partial charge >= 0.3 is 5.68 Å². The molecule has 0 saturated heterocycles. The second-order valence-electron chi connectivity index (χ2n) is 8.16. The molecule has 4 aliphatic rings. The molecule has 4 bridgehead atoms. The van der Waals surface area contributed by atoms with Crippen molar-refractivity contribution in [1.82, 2.24) is 9.99 Å². The largest absolute Gasteiger partial charge is 0.422 e. The van der Waals surface area contributed by atoms with E-state index in [-0.39, 0.29) is 11.3 Å². The molecule has 0 atom stereocenters. The molecule has 0 unspecified atom stereocenters. The number of oxazole rings is 1. The minimum Gasteiger partial charge on any atom is -0.422 e. The summed E-state index contributed by atoms with van der Waals surface area (Å²) in [5.41, 5.74) is 4.84. The van der Waals surface area contributed by atoms with Crippen LogP contribution in [-0.4, -0.2) is 10.5 Å². The van der Waals surface area contributed by atoms with Crippen molar-refractivity contribution < 1.29 is 9.21 Å². The number of rotatable bonds is 2. The number of nitrogens with one attached hydrogen (secondary N) is 1. The van der Waals surface area contributed by atoms with E-state index in [0.29, 0.717) is 5.68 Å². The van der Waals surface area contributed by atoms with Gasteiger partial charge in [0.05, 0.1) is 10.9 Å². The fraction of sp³-hybridized carbons (Fsp3) is 0.579. The van der Waals surface area contributed by atoms with Crippen LogP contribution in [0.25, 0.3) is 11.1 Å². The summed E-state index contributed by atoms with van der Waals surface area (Å²) in [6, 6.07) is 7.80. The molecule has 1 amide bonds. The molecule has 5 heteroatoms. The Hall–Kier alpha value is -2.04. The second-order valence-corrected chi connectivity index (χ2v) is 8.16. The summed E-state index contributed by atoms with van der Waals surface area (Å²) in [6.07, 6.45) is 7.15. The number of nitrogens with zero attached hydrogens (tertiary/aromatic N) is 2. The van der Waals surface area contributed by atoms with Gasteiger partial charge < -0.3 is 4.42 Å². The number of hydrogen-bond donors (Lipinski definition) is 1. The Kier molecular flexibility index (Phi) is 2.97. The average molecular weight is 325 g/mol. The molecule has 4 fully saturated rings. The van der Waals surface area contributed by atoms with Gasteiger partial charge in [-0.25, -0.2) is 5.43 Å². The molecule has 1 heterocycles. The highest BCUT2D eigenvalue weighted by Gasteiger charge is 2.54. The van der Waals surface area contributed by atoms with Gasteiger partial charge in [-0.3, -0.25) is 9.36 Å². The van der Waals surface area contributed by atoms with Gasteiger partial charge in [-0.1, -0.05) is 12.1 Å². The molecule has 2 aromatic rings. The van der Waals surface area contributed by atoms with Crippen LogP contribution < -0.4 is 11.1 Å². The molecule has 5 nitrogen and oxygen atoms in total. The smallest absolute Gasteiger partial charge is 0.319 e. The molecule has 4 saturated carbocycles. The number of hydrogen-bond acceptors (Lipinski definition) is 3. The van der Waals surface area contributed by atoms with Gasteiger partial charge in [-0.2, -0.15) is 0 Å². The van der Waals surface area contributed by atoms with Crippen LogP contribution in [0.2, 0.25) is 0 Å². The first-order chi connectivity index (χ1) is 11.6. The van der Waals surface area contributed by atoms with Gasteiger partial charge in [0.2, 0.25) is 5.91 Å². The Bertz CT molecular complexity index is 841. The van der Waals surface area contributed by atoms with Gasteiger partial charge in [-0.15, -0.1) is 5.10 Å². The second kappa shape index (κ2) is 4.98. The Labute approximate surface area is 140 Å². The molecule has 126 valence electrons. The molecule has 1 N–H and O–H groups in total. The number of para-hydroxylation sites is 2. The number of carbonyl (C=O) groups is 1. The van der Waals surface area contributed by atoms with Crippen molar-refractivity contribution in [2.45, 2.75) is 38.5 Å². The van der Waals surface area contributed by atoms with Crippen molar-refractivity contribution in [2.75, 3.05) is 0 Å². The maximum Gasteiger partial charge on any atom is 0.319 e. The first-order valence-corrected chi connectivity index (χ1v) is 9.02. The van der Waals surface area contributed by atoms with Gasteiger partial charge in [-0.05, 0) is 68.4 Å². The topological polar surface area (TPSA) is 59.5 Å². The summed E-state index contributed by atoms with van der Waals surface area (Å²) >= 11 is 0. The molecule has 1 aromatic heterocycles. The lowest BCUT2D eigenvalue weighted by molar-refractivity contribution is -0.146. The maximum absolute atomic E-state index is 12.9. The Morgan fingerprint density at radius 1 is 1.17 bits per heavy atom. The highest BCUT2D eigenvalue weighted by molar-refractivity contribution is 5.82. The van der Waals surface area contributed by atoms with Crippen LogP contribution in [0.4, 0.5) is 0 Å².